The minimum atomic E-state index is -4.72. The van der Waals surface area contributed by atoms with E-state index in [9.17, 15) is 21.6 Å². The highest BCUT2D eigenvalue weighted by Gasteiger charge is 2.36. The van der Waals surface area contributed by atoms with Crippen molar-refractivity contribution in [2.24, 2.45) is 0 Å². The summed E-state index contributed by atoms with van der Waals surface area (Å²) < 4.78 is 70.2. The number of rotatable bonds is 3. The fraction of sp³-hybridized carbons (Fsp3) is 0.375. The number of nitrogens with two attached hydrogens (primary N) is 1. The second-order valence-electron chi connectivity index (χ2n) is 6.53. The Kier molecular flexibility index (Phi) is 5.02. The number of pyridine rings is 1. The summed E-state index contributed by atoms with van der Waals surface area (Å²) in [5.41, 5.74) is 4.02. The molecule has 2 N–H and O–H groups in total. The average Bonchev–Trinajstić information content (AvgIpc) is 3.12. The fourth-order valence-electron chi connectivity index (χ4n) is 2.94. The molecule has 4 rings (SSSR count). The third-order valence-corrected chi connectivity index (χ3v) is 7.03. The van der Waals surface area contributed by atoms with Gasteiger partial charge in [-0.3, -0.25) is 0 Å². The molecule has 0 amide bonds. The average molecular weight is 460 g/mol. The van der Waals surface area contributed by atoms with Gasteiger partial charge < -0.3 is 15.4 Å². The smallest absolute Gasteiger partial charge is 0.384 e. The van der Waals surface area contributed by atoms with Gasteiger partial charge in [-0.1, -0.05) is 11.3 Å². The lowest BCUT2D eigenvalue weighted by atomic mass is 10.1. The highest BCUT2D eigenvalue weighted by atomic mass is 32.2. The van der Waals surface area contributed by atoms with Crippen LogP contribution >= 0.6 is 11.3 Å². The number of aromatic nitrogens is 4. The summed E-state index contributed by atoms with van der Waals surface area (Å²) in [5.74, 6) is -0.265. The summed E-state index contributed by atoms with van der Waals surface area (Å²) in [4.78, 5) is 18.1. The first-order valence-electron chi connectivity index (χ1n) is 8.58. The zero-order valence-corrected chi connectivity index (χ0v) is 17.1. The zero-order valence-electron chi connectivity index (χ0n) is 15.5. The Balaban J connectivity index is 1.98. The molecule has 1 saturated heterocycles. The van der Waals surface area contributed by atoms with Crippen molar-refractivity contribution in [1.82, 2.24) is 19.9 Å². The number of hydrogen-bond acceptors (Lipinski definition) is 10. The number of fused-ring (bicyclic) bond motifs is 1. The first-order chi connectivity index (χ1) is 14.0. The van der Waals surface area contributed by atoms with E-state index in [1.165, 1.54) is 0 Å². The van der Waals surface area contributed by atoms with Crippen LogP contribution in [0.2, 0.25) is 0 Å². The first kappa shape index (κ1) is 20.7. The zero-order chi connectivity index (χ0) is 21.7. The molecule has 3 aromatic heterocycles. The molecule has 0 unspecified atom stereocenters. The second-order valence-corrected chi connectivity index (χ2v) is 9.72. The van der Waals surface area contributed by atoms with Crippen molar-refractivity contribution >= 4 is 43.2 Å². The van der Waals surface area contributed by atoms with Crippen LogP contribution in [0, 0.1) is 0 Å². The molecule has 4 heterocycles. The van der Waals surface area contributed by atoms with Crippen molar-refractivity contribution in [2.45, 2.75) is 10.5 Å². The summed E-state index contributed by atoms with van der Waals surface area (Å²) >= 11 is 0.876. The van der Waals surface area contributed by atoms with Crippen molar-refractivity contribution < 1.29 is 26.3 Å². The van der Waals surface area contributed by atoms with Crippen molar-refractivity contribution in [3.63, 3.8) is 0 Å². The lowest BCUT2D eigenvalue weighted by Gasteiger charge is -2.28. The highest BCUT2D eigenvalue weighted by molar-refractivity contribution is 7.92. The maximum atomic E-state index is 13.6. The van der Waals surface area contributed by atoms with E-state index in [-0.39, 0.29) is 27.2 Å². The van der Waals surface area contributed by atoms with E-state index < -0.39 is 21.6 Å². The van der Waals surface area contributed by atoms with Gasteiger partial charge in [0.05, 0.1) is 24.3 Å². The number of thiazole rings is 1. The van der Waals surface area contributed by atoms with Crippen molar-refractivity contribution in [3.8, 4) is 11.4 Å². The van der Waals surface area contributed by atoms with Crippen molar-refractivity contribution in [3.05, 3.63) is 17.8 Å². The van der Waals surface area contributed by atoms with Gasteiger partial charge in [-0.2, -0.15) is 13.2 Å². The van der Waals surface area contributed by atoms with Gasteiger partial charge in [0.2, 0.25) is 14.2 Å². The number of nitrogen functional groups attached to an aromatic ring is 1. The van der Waals surface area contributed by atoms with Crippen molar-refractivity contribution in [2.75, 3.05) is 43.2 Å². The molecule has 14 heteroatoms. The Morgan fingerprint density at radius 3 is 2.53 bits per heavy atom. The number of halogens is 3. The Morgan fingerprint density at radius 1 is 1.20 bits per heavy atom. The summed E-state index contributed by atoms with van der Waals surface area (Å²) in [6.45, 7) is 1.67. The second kappa shape index (κ2) is 7.28. The molecule has 0 saturated carbocycles. The van der Waals surface area contributed by atoms with E-state index in [2.05, 4.69) is 19.9 Å². The van der Waals surface area contributed by atoms with Crippen LogP contribution in [0.25, 0.3) is 21.7 Å². The molecular formula is C16H15F3N6O3S2. The minimum absolute atomic E-state index is 0.00290. The predicted molar refractivity (Wildman–Crippen MR) is 104 cm³/mol. The number of anilines is 2. The standard InChI is InChI=1S/C16H15F3N6O3S2/c1-30(26,27)15-24-13-11(29-15)14(25-2-4-28-5-3-25)23-12(22-13)8-7-21-10(20)6-9(8)16(17,18)19/h6-7H,2-5H2,1H3,(H2,20,21). The molecule has 1 aliphatic rings. The van der Waals surface area contributed by atoms with E-state index in [0.29, 0.717) is 42.9 Å². The maximum absolute atomic E-state index is 13.6. The van der Waals surface area contributed by atoms with Crippen LogP contribution in [-0.2, 0) is 20.8 Å². The predicted octanol–water partition coefficient (Wildman–Crippen LogP) is 1.99. The number of ether oxygens (including phenoxy) is 1. The van der Waals surface area contributed by atoms with Crippen LogP contribution in [0.3, 0.4) is 0 Å². The van der Waals surface area contributed by atoms with Gasteiger partial charge in [0.1, 0.15) is 10.5 Å². The number of alkyl halides is 3. The molecular weight excluding hydrogens is 445 g/mol. The van der Waals surface area contributed by atoms with E-state index in [4.69, 9.17) is 10.5 Å². The largest absolute Gasteiger partial charge is 0.417 e. The van der Waals surface area contributed by atoms with E-state index in [0.717, 1.165) is 23.8 Å². The Hall–Kier alpha value is -2.58. The molecule has 160 valence electrons. The van der Waals surface area contributed by atoms with Crippen LogP contribution in [0.15, 0.2) is 16.6 Å². The molecule has 0 bridgehead atoms. The van der Waals surface area contributed by atoms with Crippen LogP contribution in [0.4, 0.5) is 24.8 Å². The number of hydrogen-bond donors (Lipinski definition) is 1. The van der Waals surface area contributed by atoms with Gasteiger partial charge in [-0.05, 0) is 6.07 Å². The van der Waals surface area contributed by atoms with E-state index in [1.54, 1.807) is 4.90 Å². The van der Waals surface area contributed by atoms with Gasteiger partial charge >= 0.3 is 6.18 Å². The van der Waals surface area contributed by atoms with Gasteiger partial charge in [-0.25, -0.2) is 28.4 Å². The van der Waals surface area contributed by atoms with E-state index >= 15 is 0 Å². The Morgan fingerprint density at radius 2 is 1.90 bits per heavy atom. The van der Waals surface area contributed by atoms with Crippen molar-refractivity contribution in [1.29, 1.82) is 0 Å². The normalized spacial score (nSPS) is 15.7. The van der Waals surface area contributed by atoms with Crippen LogP contribution < -0.4 is 10.6 Å². The van der Waals surface area contributed by atoms with Gasteiger partial charge in [-0.15, -0.1) is 0 Å². The van der Waals surface area contributed by atoms with E-state index in [1.807, 2.05) is 0 Å². The quantitative estimate of drug-likeness (QED) is 0.625. The Labute approximate surface area is 172 Å². The number of morpholine rings is 1. The SMILES string of the molecule is CS(=O)(=O)c1nc2nc(-c3cnc(N)cc3C(F)(F)F)nc(N3CCOCC3)c2s1. The minimum Gasteiger partial charge on any atom is -0.384 e. The molecule has 0 aromatic carbocycles. The lowest BCUT2D eigenvalue weighted by molar-refractivity contribution is -0.137. The molecule has 30 heavy (non-hydrogen) atoms. The molecule has 0 spiro atoms. The summed E-state index contributed by atoms with van der Waals surface area (Å²) in [5, 5.41) is 0. The molecule has 9 nitrogen and oxygen atoms in total. The third-order valence-electron chi connectivity index (χ3n) is 4.32. The van der Waals surface area contributed by atoms with Crippen LogP contribution in [0.1, 0.15) is 5.56 Å². The van der Waals surface area contributed by atoms with Crippen LogP contribution in [-0.4, -0.2) is 60.9 Å². The summed E-state index contributed by atoms with van der Waals surface area (Å²) in [6.07, 6.45) is -2.77. The molecule has 0 radical (unpaired) electrons. The van der Waals surface area contributed by atoms with Gasteiger partial charge in [0.15, 0.2) is 17.3 Å². The molecule has 1 fully saturated rings. The first-order valence-corrected chi connectivity index (χ1v) is 11.3. The number of sulfone groups is 1. The monoisotopic (exact) mass is 460 g/mol. The third kappa shape index (κ3) is 3.89. The maximum Gasteiger partial charge on any atom is 0.417 e. The lowest BCUT2D eigenvalue weighted by Crippen LogP contribution is -2.37. The molecule has 1 aliphatic heterocycles. The Bertz CT molecular complexity index is 1220. The molecule has 0 atom stereocenters. The molecule has 3 aromatic rings. The van der Waals surface area contributed by atoms with Crippen LogP contribution in [0.5, 0.6) is 0 Å². The highest BCUT2D eigenvalue weighted by Crippen LogP contribution is 2.39. The molecule has 0 aliphatic carbocycles. The topological polar surface area (TPSA) is 124 Å². The van der Waals surface area contributed by atoms with Gasteiger partial charge in [0.25, 0.3) is 0 Å². The number of nitrogens with zero attached hydrogens (tertiary/aromatic N) is 5. The van der Waals surface area contributed by atoms with Gasteiger partial charge in [0, 0.05) is 25.5 Å². The summed E-state index contributed by atoms with van der Waals surface area (Å²) in [7, 11) is -3.64. The fourth-order valence-corrected chi connectivity index (χ4v) is 4.81. The summed E-state index contributed by atoms with van der Waals surface area (Å²) in [6, 6.07) is 0.709.